The molecule has 14 heavy (non-hydrogen) atoms. The van der Waals surface area contributed by atoms with Gasteiger partial charge < -0.3 is 0 Å². The SMILES string of the molecule is C#CCCC=CCCCCCC=CC. The van der Waals surface area contributed by atoms with E-state index in [9.17, 15) is 0 Å². The van der Waals surface area contributed by atoms with Crippen LogP contribution in [0.2, 0.25) is 0 Å². The average Bonchev–Trinajstić information content (AvgIpc) is 2.21. The van der Waals surface area contributed by atoms with Gasteiger partial charge >= 0.3 is 0 Å². The number of hydrogen-bond acceptors (Lipinski definition) is 0. The monoisotopic (exact) mass is 190 g/mol. The van der Waals surface area contributed by atoms with E-state index in [1.54, 1.807) is 0 Å². The number of terminal acetylenes is 1. The van der Waals surface area contributed by atoms with Crippen molar-refractivity contribution in [3.05, 3.63) is 24.3 Å². The minimum absolute atomic E-state index is 0.873. The Bertz CT molecular complexity index is 191. The van der Waals surface area contributed by atoms with Gasteiger partial charge in [-0.2, -0.15) is 0 Å². The topological polar surface area (TPSA) is 0 Å². The Balaban J connectivity index is 3.06. The molecule has 0 aromatic carbocycles. The van der Waals surface area contributed by atoms with Gasteiger partial charge in [0.2, 0.25) is 0 Å². The van der Waals surface area contributed by atoms with E-state index in [1.165, 1.54) is 32.1 Å². The van der Waals surface area contributed by atoms with Crippen LogP contribution in [0, 0.1) is 12.3 Å². The highest BCUT2D eigenvalue weighted by molar-refractivity contribution is 4.90. The lowest BCUT2D eigenvalue weighted by Gasteiger charge is -1.94. The summed E-state index contributed by atoms with van der Waals surface area (Å²) in [5, 5.41) is 0. The van der Waals surface area contributed by atoms with Crippen LogP contribution in [0.15, 0.2) is 24.3 Å². The maximum absolute atomic E-state index is 5.15. The molecule has 0 atom stereocenters. The molecular weight excluding hydrogens is 168 g/mol. The molecule has 0 saturated heterocycles. The second kappa shape index (κ2) is 12.0. The van der Waals surface area contributed by atoms with Crippen LogP contribution < -0.4 is 0 Å². The Hall–Kier alpha value is -0.960. The van der Waals surface area contributed by atoms with Crippen molar-refractivity contribution in [2.24, 2.45) is 0 Å². The van der Waals surface area contributed by atoms with Crippen LogP contribution in [0.3, 0.4) is 0 Å². The van der Waals surface area contributed by atoms with Gasteiger partial charge in [0.15, 0.2) is 0 Å². The standard InChI is InChI=1S/C14H22/c1-3-5-7-9-11-13-14-12-10-8-6-4-2/h1,4,6,9,11H,5,7-8,10,12-14H2,2H3. The fourth-order valence-electron chi connectivity index (χ4n) is 1.27. The summed E-state index contributed by atoms with van der Waals surface area (Å²) in [4.78, 5) is 0. The number of unbranched alkanes of at least 4 members (excludes halogenated alkanes) is 5. The van der Waals surface area contributed by atoms with E-state index in [2.05, 4.69) is 37.1 Å². The average molecular weight is 190 g/mol. The first-order valence-electron chi connectivity index (χ1n) is 5.61. The van der Waals surface area contributed by atoms with Crippen LogP contribution >= 0.6 is 0 Å². The Labute approximate surface area is 89.1 Å². The van der Waals surface area contributed by atoms with Crippen LogP contribution in [0.5, 0.6) is 0 Å². The van der Waals surface area contributed by atoms with E-state index in [1.807, 2.05) is 0 Å². The summed E-state index contributed by atoms with van der Waals surface area (Å²) < 4.78 is 0. The summed E-state index contributed by atoms with van der Waals surface area (Å²) in [5.41, 5.74) is 0. The molecule has 0 amide bonds. The normalized spacial score (nSPS) is 11.1. The van der Waals surface area contributed by atoms with Crippen LogP contribution in [0.1, 0.15) is 51.9 Å². The molecule has 0 unspecified atom stereocenters. The van der Waals surface area contributed by atoms with Crippen LogP contribution in [-0.2, 0) is 0 Å². The first kappa shape index (κ1) is 13.0. The maximum atomic E-state index is 5.15. The summed E-state index contributed by atoms with van der Waals surface area (Å²) in [6, 6.07) is 0. The molecule has 0 heteroatoms. The molecule has 0 fully saturated rings. The molecule has 0 heterocycles. The van der Waals surface area contributed by atoms with E-state index in [-0.39, 0.29) is 0 Å². The second-order valence-electron chi connectivity index (χ2n) is 3.42. The molecule has 0 N–H and O–H groups in total. The first-order valence-corrected chi connectivity index (χ1v) is 5.61. The zero-order valence-corrected chi connectivity index (χ0v) is 9.34. The molecule has 0 bridgehead atoms. The van der Waals surface area contributed by atoms with E-state index in [0.717, 1.165) is 12.8 Å². The van der Waals surface area contributed by atoms with Gasteiger partial charge in [-0.05, 0) is 39.0 Å². The zero-order valence-electron chi connectivity index (χ0n) is 9.34. The van der Waals surface area contributed by atoms with Crippen molar-refractivity contribution < 1.29 is 0 Å². The lowest BCUT2D eigenvalue weighted by Crippen LogP contribution is -1.74. The largest absolute Gasteiger partial charge is 0.120 e. The van der Waals surface area contributed by atoms with Gasteiger partial charge in [0, 0.05) is 6.42 Å². The fraction of sp³-hybridized carbons (Fsp3) is 0.571. The van der Waals surface area contributed by atoms with Gasteiger partial charge in [-0.15, -0.1) is 12.3 Å². The van der Waals surface area contributed by atoms with Crippen molar-refractivity contribution in [3.8, 4) is 12.3 Å². The molecule has 0 rings (SSSR count). The molecule has 0 aliphatic heterocycles. The minimum atomic E-state index is 0.873. The Kier molecular flexibility index (Phi) is 11.2. The number of allylic oxidation sites excluding steroid dienone is 4. The molecule has 0 aromatic rings. The van der Waals surface area contributed by atoms with Crippen LogP contribution in [0.4, 0.5) is 0 Å². The summed E-state index contributed by atoms with van der Waals surface area (Å²) in [5.74, 6) is 2.63. The number of rotatable bonds is 8. The van der Waals surface area contributed by atoms with Gasteiger partial charge in [-0.1, -0.05) is 30.7 Å². The Morgan fingerprint density at radius 2 is 1.57 bits per heavy atom. The minimum Gasteiger partial charge on any atom is -0.120 e. The van der Waals surface area contributed by atoms with Gasteiger partial charge in [0.25, 0.3) is 0 Å². The highest BCUT2D eigenvalue weighted by Crippen LogP contribution is 2.04. The molecule has 78 valence electrons. The predicted molar refractivity (Wildman–Crippen MR) is 65.1 cm³/mol. The summed E-state index contributed by atoms with van der Waals surface area (Å²) in [7, 11) is 0. The molecule has 0 nitrogen and oxygen atoms in total. The molecule has 0 spiro atoms. The Morgan fingerprint density at radius 3 is 2.21 bits per heavy atom. The Morgan fingerprint density at radius 1 is 0.929 bits per heavy atom. The summed E-state index contributed by atoms with van der Waals surface area (Å²) >= 11 is 0. The fourth-order valence-corrected chi connectivity index (χ4v) is 1.27. The quantitative estimate of drug-likeness (QED) is 0.301. The predicted octanol–water partition coefficient (Wildman–Crippen LogP) is 4.48. The van der Waals surface area contributed by atoms with E-state index in [0.29, 0.717) is 0 Å². The van der Waals surface area contributed by atoms with E-state index < -0.39 is 0 Å². The van der Waals surface area contributed by atoms with Gasteiger partial charge in [0.1, 0.15) is 0 Å². The number of hydrogen-bond donors (Lipinski definition) is 0. The molecular formula is C14H22. The van der Waals surface area contributed by atoms with Gasteiger partial charge in [-0.25, -0.2) is 0 Å². The van der Waals surface area contributed by atoms with Gasteiger partial charge in [0.05, 0.1) is 0 Å². The van der Waals surface area contributed by atoms with Crippen molar-refractivity contribution in [3.63, 3.8) is 0 Å². The van der Waals surface area contributed by atoms with Gasteiger partial charge in [-0.3, -0.25) is 0 Å². The third-order valence-corrected chi connectivity index (χ3v) is 2.10. The summed E-state index contributed by atoms with van der Waals surface area (Å²) in [6.45, 7) is 2.08. The summed E-state index contributed by atoms with van der Waals surface area (Å²) in [6.07, 6.45) is 22.3. The first-order chi connectivity index (χ1) is 6.91. The zero-order chi connectivity index (χ0) is 10.5. The second-order valence-corrected chi connectivity index (χ2v) is 3.42. The molecule has 0 saturated carbocycles. The maximum Gasteiger partial charge on any atom is 0.0121 e. The van der Waals surface area contributed by atoms with E-state index in [4.69, 9.17) is 6.42 Å². The van der Waals surface area contributed by atoms with Crippen molar-refractivity contribution in [2.75, 3.05) is 0 Å². The molecule has 0 radical (unpaired) electrons. The molecule has 0 aliphatic rings. The molecule has 0 aromatic heterocycles. The third-order valence-electron chi connectivity index (χ3n) is 2.10. The van der Waals surface area contributed by atoms with Crippen molar-refractivity contribution in [2.45, 2.75) is 51.9 Å². The van der Waals surface area contributed by atoms with Crippen LogP contribution in [-0.4, -0.2) is 0 Å². The highest BCUT2D eigenvalue weighted by atomic mass is 13.9. The van der Waals surface area contributed by atoms with Crippen molar-refractivity contribution in [1.82, 2.24) is 0 Å². The van der Waals surface area contributed by atoms with Crippen molar-refractivity contribution in [1.29, 1.82) is 0 Å². The molecule has 0 aliphatic carbocycles. The van der Waals surface area contributed by atoms with Crippen LogP contribution in [0.25, 0.3) is 0 Å². The van der Waals surface area contributed by atoms with Crippen molar-refractivity contribution >= 4 is 0 Å². The third kappa shape index (κ3) is 11.0. The highest BCUT2D eigenvalue weighted by Gasteiger charge is 1.85. The lowest BCUT2D eigenvalue weighted by molar-refractivity contribution is 0.695. The van der Waals surface area contributed by atoms with E-state index >= 15 is 0 Å². The smallest absolute Gasteiger partial charge is 0.0121 e. The lowest BCUT2D eigenvalue weighted by atomic mass is 10.1.